The first-order valence-corrected chi connectivity index (χ1v) is 18.9. The number of carbonyl (C=O) groups is 6. The monoisotopic (exact) mass is 756 g/mol. The van der Waals surface area contributed by atoms with Crippen LogP contribution in [-0.4, -0.2) is 59.8 Å². The molecule has 0 bridgehead atoms. The fourth-order valence-electron chi connectivity index (χ4n) is 6.32. The predicted octanol–water partition coefficient (Wildman–Crippen LogP) is 3.88. The number of guanidine groups is 1. The largest absolute Gasteiger partial charge is 0.461 e. The molecule has 0 aliphatic rings. The van der Waals surface area contributed by atoms with Gasteiger partial charge in [-0.1, -0.05) is 107 Å². The average Bonchev–Trinajstić information content (AvgIpc) is 3.15. The van der Waals surface area contributed by atoms with Gasteiger partial charge in [-0.2, -0.15) is 0 Å². The number of rotatable bonds is 23. The number of hydrogen-bond acceptors (Lipinski definition) is 8. The second kappa shape index (κ2) is 21.9. The lowest BCUT2D eigenvalue weighted by molar-refractivity contribution is -0.149. The zero-order valence-electron chi connectivity index (χ0n) is 32.3. The molecule has 13 heteroatoms. The topological polar surface area (TPSA) is 226 Å². The summed E-state index contributed by atoms with van der Waals surface area (Å²) in [6.07, 6.45) is 0.818. The number of fused-ring (bicyclic) bond motifs is 1. The summed E-state index contributed by atoms with van der Waals surface area (Å²) in [7, 11) is 0. The van der Waals surface area contributed by atoms with Gasteiger partial charge < -0.3 is 32.6 Å². The quantitative estimate of drug-likeness (QED) is 0.0311. The molecule has 8 N–H and O–H groups in total. The molecule has 55 heavy (non-hydrogen) atoms. The third kappa shape index (κ3) is 14.6. The predicted molar refractivity (Wildman–Crippen MR) is 212 cm³/mol. The van der Waals surface area contributed by atoms with E-state index in [4.69, 9.17) is 21.9 Å². The van der Waals surface area contributed by atoms with E-state index in [9.17, 15) is 28.8 Å². The number of ketones is 2. The van der Waals surface area contributed by atoms with Gasteiger partial charge in [-0.05, 0) is 59.4 Å². The zero-order valence-corrected chi connectivity index (χ0v) is 32.3. The fourth-order valence-corrected chi connectivity index (χ4v) is 6.32. The Labute approximate surface area is 323 Å². The van der Waals surface area contributed by atoms with Gasteiger partial charge >= 0.3 is 5.97 Å². The minimum Gasteiger partial charge on any atom is -0.461 e. The maximum atomic E-state index is 13.8. The molecule has 13 nitrogen and oxygen atoms in total. The second-order valence-corrected chi connectivity index (χ2v) is 14.5. The molecule has 3 aromatic carbocycles. The Morgan fingerprint density at radius 3 is 2.09 bits per heavy atom. The Balaban J connectivity index is 1.76. The van der Waals surface area contributed by atoms with Crippen molar-refractivity contribution in [2.45, 2.75) is 91.3 Å². The number of hydrogen-bond donors (Lipinski definition) is 5. The molecule has 0 fully saturated rings. The summed E-state index contributed by atoms with van der Waals surface area (Å²) in [4.78, 5) is 84.3. The molecular formula is C42H56N6O7. The lowest BCUT2D eigenvalue weighted by Crippen LogP contribution is -2.54. The van der Waals surface area contributed by atoms with Gasteiger partial charge in [0.25, 0.3) is 5.91 Å². The molecule has 0 saturated carbocycles. The maximum absolute atomic E-state index is 13.8. The molecule has 0 radical (unpaired) electrons. The van der Waals surface area contributed by atoms with Crippen LogP contribution < -0.4 is 27.8 Å². The minimum absolute atomic E-state index is 0.0370. The highest BCUT2D eigenvalue weighted by Crippen LogP contribution is 2.22. The molecule has 5 atom stereocenters. The number of aliphatic imine (C=N–C) groups is 1. The van der Waals surface area contributed by atoms with Crippen molar-refractivity contribution >= 4 is 52.0 Å². The third-order valence-electron chi connectivity index (χ3n) is 9.58. The lowest BCUT2D eigenvalue weighted by atomic mass is 9.89. The van der Waals surface area contributed by atoms with Crippen molar-refractivity contribution in [1.82, 2.24) is 10.6 Å². The number of amides is 3. The van der Waals surface area contributed by atoms with Crippen LogP contribution in [0.25, 0.3) is 10.8 Å². The number of primary amides is 1. The Morgan fingerprint density at radius 1 is 0.782 bits per heavy atom. The first-order chi connectivity index (χ1) is 26.2. The van der Waals surface area contributed by atoms with Crippen molar-refractivity contribution in [2.75, 3.05) is 6.54 Å². The number of nitrogens with one attached hydrogen (secondary N) is 2. The first-order valence-electron chi connectivity index (χ1n) is 18.9. The van der Waals surface area contributed by atoms with Gasteiger partial charge in [0, 0.05) is 24.8 Å². The number of nitrogens with two attached hydrogens (primary N) is 3. The summed E-state index contributed by atoms with van der Waals surface area (Å²) in [5.41, 5.74) is 18.3. The molecule has 0 saturated heterocycles. The Hall–Kier alpha value is -5.59. The molecular weight excluding hydrogens is 700 g/mol. The number of nitrogens with zero attached hydrogens (tertiary/aromatic N) is 1. The van der Waals surface area contributed by atoms with Gasteiger partial charge in [0.05, 0.1) is 18.5 Å². The van der Waals surface area contributed by atoms with E-state index in [0.717, 1.165) is 21.9 Å². The highest BCUT2D eigenvalue weighted by atomic mass is 16.5. The molecule has 0 heterocycles. The van der Waals surface area contributed by atoms with Crippen LogP contribution in [0.4, 0.5) is 0 Å². The molecule has 5 unspecified atom stereocenters. The Kier molecular flexibility index (Phi) is 17.5. The van der Waals surface area contributed by atoms with Crippen LogP contribution in [-0.2, 0) is 46.5 Å². The molecule has 3 rings (SSSR count). The molecule has 296 valence electrons. The number of benzene rings is 3. The minimum atomic E-state index is -1.24. The van der Waals surface area contributed by atoms with Crippen LogP contribution >= 0.6 is 0 Å². The summed E-state index contributed by atoms with van der Waals surface area (Å²) in [5, 5.41) is 7.30. The van der Waals surface area contributed by atoms with E-state index in [1.807, 2.05) is 93.6 Å². The molecule has 3 aromatic rings. The standard InChI is InChI=1S/C42H56N6O7/c1-5-27(4)37(48-40(53)33(20-26(2)3)24-36(50)55-25-28-12-7-6-8-13-28)38(51)41(54)47-34(16-11-19-46-42(44)45)35(49)23-32(39(43)52)22-29-17-18-30-14-9-10-15-31(30)21-29/h6-10,12-15,17-18,21,26-27,32-34,37H,5,11,16,19-20,22-25H2,1-4H3,(H2,43,52)(H,47,54)(H,48,53)(H4,44,45,46). The van der Waals surface area contributed by atoms with E-state index in [2.05, 4.69) is 15.6 Å². The van der Waals surface area contributed by atoms with Crippen LogP contribution in [0.5, 0.6) is 0 Å². The van der Waals surface area contributed by atoms with Crippen LogP contribution in [0.15, 0.2) is 77.8 Å². The van der Waals surface area contributed by atoms with E-state index in [0.29, 0.717) is 12.8 Å². The van der Waals surface area contributed by atoms with Gasteiger partial charge in [-0.3, -0.25) is 33.8 Å². The van der Waals surface area contributed by atoms with Gasteiger partial charge in [-0.25, -0.2) is 0 Å². The highest BCUT2D eigenvalue weighted by molar-refractivity contribution is 6.39. The van der Waals surface area contributed by atoms with Crippen molar-refractivity contribution in [3.05, 3.63) is 83.9 Å². The number of Topliss-reactive ketones (excluding diaryl/α,β-unsaturated/α-hetero) is 2. The van der Waals surface area contributed by atoms with E-state index >= 15 is 0 Å². The third-order valence-corrected chi connectivity index (χ3v) is 9.58. The second-order valence-electron chi connectivity index (χ2n) is 14.5. The lowest BCUT2D eigenvalue weighted by Gasteiger charge is -2.27. The SMILES string of the molecule is CCC(C)C(NC(=O)C(CC(=O)OCc1ccccc1)CC(C)C)C(=O)C(=O)NC(CCCN=C(N)N)C(=O)CC(Cc1ccc2ccccc2c1)C(N)=O. The summed E-state index contributed by atoms with van der Waals surface area (Å²) in [6, 6.07) is 20.2. The van der Waals surface area contributed by atoms with Crippen LogP contribution in [0.3, 0.4) is 0 Å². The first kappa shape index (κ1) is 43.8. The molecule has 0 aliphatic carbocycles. The van der Waals surface area contributed by atoms with Gasteiger partial charge in [0.15, 0.2) is 11.7 Å². The Bertz CT molecular complexity index is 1810. The van der Waals surface area contributed by atoms with E-state index in [1.54, 1.807) is 6.92 Å². The normalized spacial score (nSPS) is 13.8. The van der Waals surface area contributed by atoms with Gasteiger partial charge in [-0.15, -0.1) is 0 Å². The summed E-state index contributed by atoms with van der Waals surface area (Å²) >= 11 is 0. The van der Waals surface area contributed by atoms with E-state index in [-0.39, 0.29) is 57.1 Å². The summed E-state index contributed by atoms with van der Waals surface area (Å²) in [6.45, 7) is 7.58. The molecule has 3 amide bonds. The summed E-state index contributed by atoms with van der Waals surface area (Å²) < 4.78 is 5.43. The van der Waals surface area contributed by atoms with Crippen molar-refractivity contribution in [3.8, 4) is 0 Å². The Morgan fingerprint density at radius 2 is 1.45 bits per heavy atom. The van der Waals surface area contributed by atoms with Crippen molar-refractivity contribution in [2.24, 2.45) is 45.9 Å². The van der Waals surface area contributed by atoms with Crippen molar-refractivity contribution in [1.29, 1.82) is 0 Å². The van der Waals surface area contributed by atoms with E-state index < -0.39 is 65.1 Å². The maximum Gasteiger partial charge on any atom is 0.306 e. The number of carbonyl (C=O) groups excluding carboxylic acids is 6. The van der Waals surface area contributed by atoms with Gasteiger partial charge in [0.2, 0.25) is 17.6 Å². The summed E-state index contributed by atoms with van der Waals surface area (Å²) in [5.74, 6) is -6.58. The smallest absolute Gasteiger partial charge is 0.306 e. The number of esters is 1. The molecule has 0 aliphatic heterocycles. The fraction of sp³-hybridized carbons (Fsp3) is 0.452. The molecule has 0 spiro atoms. The van der Waals surface area contributed by atoms with Crippen molar-refractivity contribution < 1.29 is 33.5 Å². The highest BCUT2D eigenvalue weighted by Gasteiger charge is 2.36. The van der Waals surface area contributed by atoms with Crippen LogP contribution in [0.1, 0.15) is 77.3 Å². The average molecular weight is 757 g/mol. The van der Waals surface area contributed by atoms with Crippen LogP contribution in [0.2, 0.25) is 0 Å². The van der Waals surface area contributed by atoms with Gasteiger partial charge in [0.1, 0.15) is 6.61 Å². The van der Waals surface area contributed by atoms with E-state index in [1.165, 1.54) is 0 Å². The number of ether oxygens (including phenoxy) is 1. The van der Waals surface area contributed by atoms with Crippen molar-refractivity contribution in [3.63, 3.8) is 0 Å². The zero-order chi connectivity index (χ0) is 40.5. The molecule has 0 aromatic heterocycles. The van der Waals surface area contributed by atoms with Crippen LogP contribution in [0, 0.1) is 23.7 Å².